The number of hydrogen-bond acceptors (Lipinski definition) is 6. The number of hydrogen-bond donors (Lipinski definition) is 0. The van der Waals surface area contributed by atoms with Crippen LogP contribution >= 0.6 is 0 Å². The molecule has 5 rings (SSSR count). The second-order valence-corrected chi connectivity index (χ2v) is 15.3. The van der Waals surface area contributed by atoms with Crippen molar-refractivity contribution < 1.29 is 28.2 Å². The van der Waals surface area contributed by atoms with Crippen LogP contribution in [0.15, 0.2) is 60.7 Å². The fourth-order valence-corrected chi connectivity index (χ4v) is 10.4. The molecule has 3 aliphatic heterocycles. The normalized spacial score (nSPS) is 30.5. The zero-order valence-electron chi connectivity index (χ0n) is 20.6. The lowest BCUT2D eigenvalue weighted by Gasteiger charge is -2.44. The van der Waals surface area contributed by atoms with Crippen LogP contribution in [0, 0.1) is 0 Å². The Kier molecular flexibility index (Phi) is 5.77. The summed E-state index contributed by atoms with van der Waals surface area (Å²) in [5.41, 5.74) is -0.902. The van der Waals surface area contributed by atoms with Crippen LogP contribution in [0.1, 0.15) is 47.5 Å². The van der Waals surface area contributed by atoms with Crippen molar-refractivity contribution in [2.45, 2.75) is 82.4 Å². The fourth-order valence-electron chi connectivity index (χ4n) is 5.80. The first-order valence-electron chi connectivity index (χ1n) is 12.1. The van der Waals surface area contributed by atoms with Gasteiger partial charge in [-0.1, -0.05) is 81.4 Å². The van der Waals surface area contributed by atoms with E-state index in [2.05, 4.69) is 69.3 Å². The van der Waals surface area contributed by atoms with E-state index in [0.29, 0.717) is 12.8 Å². The zero-order valence-corrected chi connectivity index (χ0v) is 21.6. The van der Waals surface area contributed by atoms with Crippen LogP contribution in [-0.2, 0) is 28.2 Å². The third kappa shape index (κ3) is 3.74. The molecule has 0 radical (unpaired) electrons. The quantitative estimate of drug-likeness (QED) is 0.480. The van der Waals surface area contributed by atoms with E-state index in [1.807, 2.05) is 26.0 Å². The molecule has 0 saturated carbocycles. The monoisotopic (exact) mass is 482 g/mol. The van der Waals surface area contributed by atoms with Crippen LogP contribution in [0.4, 0.5) is 0 Å². The summed E-state index contributed by atoms with van der Waals surface area (Å²) in [5, 5.41) is 2.22. The lowest BCUT2D eigenvalue weighted by Crippen LogP contribution is -2.67. The van der Waals surface area contributed by atoms with E-state index in [9.17, 15) is 4.79 Å². The molecule has 0 aromatic heterocycles. The Labute approximate surface area is 202 Å². The summed E-state index contributed by atoms with van der Waals surface area (Å²) >= 11 is 0. The van der Waals surface area contributed by atoms with E-state index in [0.717, 1.165) is 0 Å². The van der Waals surface area contributed by atoms with Gasteiger partial charge in [-0.3, -0.25) is 4.79 Å². The van der Waals surface area contributed by atoms with Crippen LogP contribution in [0.5, 0.6) is 0 Å². The van der Waals surface area contributed by atoms with Crippen LogP contribution in [0.25, 0.3) is 0 Å². The molecule has 3 heterocycles. The maximum Gasteiger partial charge on any atom is 0.306 e. The maximum atomic E-state index is 12.3. The second kappa shape index (κ2) is 8.28. The molecule has 3 saturated heterocycles. The predicted octanol–water partition coefficient (Wildman–Crippen LogP) is 3.52. The first-order valence-corrected chi connectivity index (χ1v) is 14.0. The molecule has 0 bridgehead atoms. The topological polar surface area (TPSA) is 63.2 Å². The largest absolute Gasteiger partial charge is 0.453 e. The Hall–Kier alpha value is -2.03. The smallest absolute Gasteiger partial charge is 0.306 e. The van der Waals surface area contributed by atoms with Gasteiger partial charge in [-0.15, -0.1) is 0 Å². The van der Waals surface area contributed by atoms with E-state index >= 15 is 0 Å². The predicted molar refractivity (Wildman–Crippen MR) is 130 cm³/mol. The molecule has 4 atom stereocenters. The molecule has 1 spiro atoms. The van der Waals surface area contributed by atoms with Gasteiger partial charge in [0, 0.05) is 12.8 Å². The molecule has 0 N–H and O–H groups in total. The van der Waals surface area contributed by atoms with Gasteiger partial charge >= 0.3 is 5.97 Å². The number of ether oxygens (including phenoxy) is 4. The molecular formula is C27H34O6Si. The van der Waals surface area contributed by atoms with Gasteiger partial charge < -0.3 is 23.4 Å². The van der Waals surface area contributed by atoms with Crippen molar-refractivity contribution in [3.05, 3.63) is 60.7 Å². The van der Waals surface area contributed by atoms with Gasteiger partial charge in [-0.05, 0) is 29.3 Å². The highest BCUT2D eigenvalue weighted by Gasteiger charge is 2.68. The number of esters is 1. The Balaban J connectivity index is 1.53. The van der Waals surface area contributed by atoms with Crippen molar-refractivity contribution in [1.29, 1.82) is 0 Å². The average molecular weight is 483 g/mol. The summed E-state index contributed by atoms with van der Waals surface area (Å²) in [4.78, 5) is 12.3. The molecule has 7 heteroatoms. The second-order valence-electron chi connectivity index (χ2n) is 11.0. The standard InChI is InChI=1S/C27H34O6Si/c1-25(2,3)34(19-12-8-6-9-13-19,20-14-10-7-11-15-20)29-18-21-27(17-16-22(28)31-27)23-24(30-21)33-26(4,5)32-23/h6-15,21,23-24H,16-18H2,1-5H3/t21-,23-,24+,27+/m1/s1. The van der Waals surface area contributed by atoms with Gasteiger partial charge in [-0.2, -0.15) is 0 Å². The van der Waals surface area contributed by atoms with E-state index in [4.69, 9.17) is 23.4 Å². The van der Waals surface area contributed by atoms with Crippen LogP contribution < -0.4 is 10.4 Å². The lowest BCUT2D eigenvalue weighted by atomic mass is 9.89. The highest BCUT2D eigenvalue weighted by molar-refractivity contribution is 6.99. The third-order valence-electron chi connectivity index (χ3n) is 7.27. The fraction of sp³-hybridized carbons (Fsp3) is 0.519. The Morgan fingerprint density at radius 2 is 1.56 bits per heavy atom. The molecule has 34 heavy (non-hydrogen) atoms. The van der Waals surface area contributed by atoms with E-state index in [1.165, 1.54) is 10.4 Å². The van der Waals surface area contributed by atoms with Gasteiger partial charge in [0.1, 0.15) is 6.10 Å². The van der Waals surface area contributed by atoms with Gasteiger partial charge in [0.15, 0.2) is 23.8 Å². The van der Waals surface area contributed by atoms with Crippen molar-refractivity contribution in [1.82, 2.24) is 0 Å². The third-order valence-corrected chi connectivity index (χ3v) is 12.3. The highest BCUT2D eigenvalue weighted by atomic mass is 28.4. The van der Waals surface area contributed by atoms with Gasteiger partial charge in [-0.25, -0.2) is 0 Å². The molecule has 6 nitrogen and oxygen atoms in total. The maximum absolute atomic E-state index is 12.3. The van der Waals surface area contributed by atoms with Crippen LogP contribution in [0.3, 0.4) is 0 Å². The summed E-state index contributed by atoms with van der Waals surface area (Å²) in [7, 11) is -2.77. The molecule has 0 amide bonds. The minimum absolute atomic E-state index is 0.168. The SMILES string of the molecule is CC1(C)O[C@@H]2O[C@H](CO[Si](c3ccccc3)(c3ccccc3)C(C)(C)C)[C@@]3(CCC(=O)O3)[C@@H]2O1. The van der Waals surface area contributed by atoms with Crippen LogP contribution in [0.2, 0.25) is 5.04 Å². The molecule has 0 aliphatic carbocycles. The average Bonchev–Trinajstić information content (AvgIpc) is 3.41. The Morgan fingerprint density at radius 3 is 2.06 bits per heavy atom. The highest BCUT2D eigenvalue weighted by Crippen LogP contribution is 2.50. The van der Waals surface area contributed by atoms with Crippen molar-refractivity contribution >= 4 is 24.7 Å². The Morgan fingerprint density at radius 1 is 0.971 bits per heavy atom. The summed E-state index contributed by atoms with van der Waals surface area (Å²) < 4.78 is 31.6. The van der Waals surface area contributed by atoms with Gasteiger partial charge in [0.2, 0.25) is 0 Å². The minimum atomic E-state index is -2.77. The van der Waals surface area contributed by atoms with Crippen molar-refractivity contribution in [2.75, 3.05) is 6.61 Å². The molecule has 3 fully saturated rings. The van der Waals surface area contributed by atoms with E-state index in [-0.39, 0.29) is 17.6 Å². The summed E-state index contributed by atoms with van der Waals surface area (Å²) in [5.74, 6) is -1.02. The minimum Gasteiger partial charge on any atom is -0.453 e. The Bertz CT molecular complexity index is 995. The molecular weight excluding hydrogens is 448 g/mol. The molecule has 2 aromatic carbocycles. The number of fused-ring (bicyclic) bond motifs is 2. The summed E-state index contributed by atoms with van der Waals surface area (Å²) in [6, 6.07) is 21.0. The van der Waals surface area contributed by atoms with Crippen molar-refractivity contribution in [2.24, 2.45) is 0 Å². The molecule has 2 aromatic rings. The number of benzene rings is 2. The van der Waals surface area contributed by atoms with Crippen molar-refractivity contribution in [3.8, 4) is 0 Å². The van der Waals surface area contributed by atoms with Gasteiger partial charge in [0.25, 0.3) is 8.32 Å². The first kappa shape index (κ1) is 23.7. The first-order chi connectivity index (χ1) is 16.1. The van der Waals surface area contributed by atoms with Crippen molar-refractivity contribution in [3.63, 3.8) is 0 Å². The number of carbonyl (C=O) groups excluding carboxylic acids is 1. The molecule has 182 valence electrons. The lowest BCUT2D eigenvalue weighted by molar-refractivity contribution is -0.233. The summed E-state index contributed by atoms with van der Waals surface area (Å²) in [6.45, 7) is 10.7. The number of rotatable bonds is 5. The van der Waals surface area contributed by atoms with E-state index < -0.39 is 38.2 Å². The summed E-state index contributed by atoms with van der Waals surface area (Å²) in [6.07, 6.45) is -0.671. The zero-order chi connectivity index (χ0) is 24.2. The van der Waals surface area contributed by atoms with Crippen LogP contribution in [-0.4, -0.2) is 50.8 Å². The molecule has 3 aliphatic rings. The number of carbonyl (C=O) groups is 1. The van der Waals surface area contributed by atoms with Gasteiger partial charge in [0.05, 0.1) is 6.61 Å². The van der Waals surface area contributed by atoms with E-state index in [1.54, 1.807) is 0 Å². The molecule has 0 unspecified atom stereocenters.